The van der Waals surface area contributed by atoms with E-state index in [-0.39, 0.29) is 0 Å². The van der Waals surface area contributed by atoms with Crippen LogP contribution in [0.15, 0.2) is 94.5 Å². The number of hydrazone groups is 1. The van der Waals surface area contributed by atoms with Crippen molar-refractivity contribution in [2.75, 3.05) is 16.1 Å². The number of aromatic nitrogens is 3. The summed E-state index contributed by atoms with van der Waals surface area (Å²) in [6.45, 7) is 0. The SMILES string of the molecule is Brc1ccc(/C=N/Nc2nc(Nc3ccccc3)nc(Nc3ccccc3)n2)cc1. The van der Waals surface area contributed by atoms with Crippen LogP contribution in [0.4, 0.5) is 29.2 Å². The summed E-state index contributed by atoms with van der Waals surface area (Å²) in [6, 6.07) is 27.2. The summed E-state index contributed by atoms with van der Waals surface area (Å²) in [4.78, 5) is 13.3. The summed E-state index contributed by atoms with van der Waals surface area (Å²) in [5.41, 5.74) is 5.57. The van der Waals surface area contributed by atoms with E-state index in [9.17, 15) is 0 Å². The Labute approximate surface area is 182 Å². The molecule has 0 atom stereocenters. The molecule has 8 heteroatoms. The second-order valence-electron chi connectivity index (χ2n) is 6.21. The molecule has 4 aromatic rings. The van der Waals surface area contributed by atoms with E-state index in [2.05, 4.69) is 52.0 Å². The molecule has 1 aromatic heterocycles. The molecule has 0 aliphatic heterocycles. The van der Waals surface area contributed by atoms with Gasteiger partial charge in [-0.1, -0.05) is 64.5 Å². The number of nitrogens with zero attached hydrogens (tertiary/aromatic N) is 4. The normalized spacial score (nSPS) is 10.7. The van der Waals surface area contributed by atoms with Gasteiger partial charge in [0.15, 0.2) is 0 Å². The van der Waals surface area contributed by atoms with Gasteiger partial charge in [0, 0.05) is 15.8 Å². The highest BCUT2D eigenvalue weighted by molar-refractivity contribution is 9.10. The Morgan fingerprint density at radius 2 is 1.13 bits per heavy atom. The number of benzene rings is 3. The van der Waals surface area contributed by atoms with E-state index >= 15 is 0 Å². The first-order valence-electron chi connectivity index (χ1n) is 9.19. The monoisotopic (exact) mass is 459 g/mol. The zero-order valence-corrected chi connectivity index (χ0v) is 17.4. The van der Waals surface area contributed by atoms with Crippen molar-refractivity contribution in [3.8, 4) is 0 Å². The standard InChI is InChI=1S/C22H18BrN7/c23-17-13-11-16(12-14-17)15-24-30-22-28-20(25-18-7-3-1-4-8-18)27-21(29-22)26-19-9-5-2-6-10-19/h1-15H,(H3,25,26,27,28,29,30)/b24-15+. The van der Waals surface area contributed by atoms with Crippen LogP contribution in [0.25, 0.3) is 0 Å². The predicted molar refractivity (Wildman–Crippen MR) is 125 cm³/mol. The number of nitrogens with one attached hydrogen (secondary N) is 3. The first-order chi connectivity index (χ1) is 14.7. The summed E-state index contributed by atoms with van der Waals surface area (Å²) >= 11 is 3.42. The second-order valence-corrected chi connectivity index (χ2v) is 7.13. The minimum Gasteiger partial charge on any atom is -0.324 e. The van der Waals surface area contributed by atoms with E-state index in [4.69, 9.17) is 0 Å². The number of halogens is 1. The Hall–Kier alpha value is -3.78. The lowest BCUT2D eigenvalue weighted by Crippen LogP contribution is -2.07. The molecule has 0 saturated heterocycles. The van der Waals surface area contributed by atoms with Crippen molar-refractivity contribution in [3.63, 3.8) is 0 Å². The van der Waals surface area contributed by atoms with Crippen molar-refractivity contribution in [2.45, 2.75) is 0 Å². The van der Waals surface area contributed by atoms with Gasteiger partial charge in [0.25, 0.3) is 0 Å². The van der Waals surface area contributed by atoms with Crippen molar-refractivity contribution in [3.05, 3.63) is 95.0 Å². The fourth-order valence-electron chi connectivity index (χ4n) is 2.55. The summed E-state index contributed by atoms with van der Waals surface area (Å²) < 4.78 is 1.01. The molecular formula is C22H18BrN7. The molecule has 7 nitrogen and oxygen atoms in total. The highest BCUT2D eigenvalue weighted by atomic mass is 79.9. The molecule has 0 bridgehead atoms. The maximum Gasteiger partial charge on any atom is 0.250 e. The Balaban J connectivity index is 1.56. The summed E-state index contributed by atoms with van der Waals surface area (Å²) in [7, 11) is 0. The fourth-order valence-corrected chi connectivity index (χ4v) is 2.82. The van der Waals surface area contributed by atoms with Crippen molar-refractivity contribution in [1.82, 2.24) is 15.0 Å². The third kappa shape index (κ3) is 5.62. The third-order valence-electron chi connectivity index (χ3n) is 3.94. The van der Waals surface area contributed by atoms with Gasteiger partial charge in [-0.2, -0.15) is 20.1 Å². The lowest BCUT2D eigenvalue weighted by molar-refractivity contribution is 1.04. The van der Waals surface area contributed by atoms with Gasteiger partial charge in [0.2, 0.25) is 17.8 Å². The summed E-state index contributed by atoms with van der Waals surface area (Å²) in [5, 5.41) is 10.6. The smallest absolute Gasteiger partial charge is 0.250 e. The maximum atomic E-state index is 4.46. The van der Waals surface area contributed by atoms with E-state index in [1.807, 2.05) is 84.9 Å². The van der Waals surface area contributed by atoms with E-state index < -0.39 is 0 Å². The molecule has 0 aliphatic carbocycles. The molecule has 0 saturated carbocycles. The van der Waals surface area contributed by atoms with Crippen molar-refractivity contribution >= 4 is 51.4 Å². The minimum absolute atomic E-state index is 0.315. The van der Waals surface area contributed by atoms with Crippen LogP contribution >= 0.6 is 15.9 Å². The number of rotatable bonds is 7. The Kier molecular flexibility index (Phi) is 6.26. The highest BCUT2D eigenvalue weighted by Crippen LogP contribution is 2.18. The maximum absolute atomic E-state index is 4.46. The number of para-hydroxylation sites is 2. The molecule has 3 N–H and O–H groups in total. The topological polar surface area (TPSA) is 87.1 Å². The third-order valence-corrected chi connectivity index (χ3v) is 4.47. The molecule has 0 spiro atoms. The van der Waals surface area contributed by atoms with E-state index in [0.29, 0.717) is 17.8 Å². The molecule has 0 amide bonds. The average Bonchev–Trinajstić information content (AvgIpc) is 2.76. The molecule has 1 heterocycles. The van der Waals surface area contributed by atoms with Gasteiger partial charge in [-0.05, 0) is 42.0 Å². The van der Waals surface area contributed by atoms with Gasteiger partial charge in [0.1, 0.15) is 0 Å². The number of hydrogen-bond donors (Lipinski definition) is 3. The quantitative estimate of drug-likeness (QED) is 0.247. The van der Waals surface area contributed by atoms with Crippen LogP contribution < -0.4 is 16.1 Å². The van der Waals surface area contributed by atoms with Crippen molar-refractivity contribution < 1.29 is 0 Å². The highest BCUT2D eigenvalue weighted by Gasteiger charge is 2.07. The van der Waals surface area contributed by atoms with Crippen molar-refractivity contribution in [2.24, 2.45) is 5.10 Å². The van der Waals surface area contributed by atoms with Crippen LogP contribution in [0.5, 0.6) is 0 Å². The lowest BCUT2D eigenvalue weighted by atomic mass is 10.2. The van der Waals surface area contributed by atoms with Gasteiger partial charge in [-0.25, -0.2) is 5.43 Å². The molecule has 0 fully saturated rings. The number of anilines is 5. The first kappa shape index (κ1) is 19.5. The summed E-state index contributed by atoms with van der Waals surface area (Å²) in [6.07, 6.45) is 1.70. The van der Waals surface area contributed by atoms with Crippen LogP contribution in [-0.4, -0.2) is 21.2 Å². The van der Waals surface area contributed by atoms with Crippen LogP contribution in [0.1, 0.15) is 5.56 Å². The van der Waals surface area contributed by atoms with Crippen molar-refractivity contribution in [1.29, 1.82) is 0 Å². The molecule has 30 heavy (non-hydrogen) atoms. The zero-order chi connectivity index (χ0) is 20.6. The largest absolute Gasteiger partial charge is 0.324 e. The molecule has 4 rings (SSSR count). The van der Waals surface area contributed by atoms with Crippen LogP contribution in [0.2, 0.25) is 0 Å². The summed E-state index contributed by atoms with van der Waals surface area (Å²) in [5.74, 6) is 1.11. The van der Waals surface area contributed by atoms with Gasteiger partial charge in [-0.3, -0.25) is 0 Å². The van der Waals surface area contributed by atoms with Crippen LogP contribution in [-0.2, 0) is 0 Å². The molecular weight excluding hydrogens is 442 g/mol. The first-order valence-corrected chi connectivity index (χ1v) is 9.99. The Bertz CT molecular complexity index is 1060. The van der Waals surface area contributed by atoms with E-state index in [1.165, 1.54) is 0 Å². The second kappa shape index (κ2) is 9.62. The minimum atomic E-state index is 0.315. The van der Waals surface area contributed by atoms with Gasteiger partial charge in [-0.15, -0.1) is 0 Å². The van der Waals surface area contributed by atoms with Gasteiger partial charge >= 0.3 is 0 Å². The van der Waals surface area contributed by atoms with E-state index in [1.54, 1.807) is 6.21 Å². The fraction of sp³-hybridized carbons (Fsp3) is 0. The predicted octanol–water partition coefficient (Wildman–Crippen LogP) is 5.57. The van der Waals surface area contributed by atoms with Crippen LogP contribution in [0.3, 0.4) is 0 Å². The zero-order valence-electron chi connectivity index (χ0n) is 15.8. The molecule has 148 valence electrons. The molecule has 0 radical (unpaired) electrons. The Morgan fingerprint density at radius 3 is 1.67 bits per heavy atom. The van der Waals surface area contributed by atoms with Crippen LogP contribution in [0, 0.1) is 0 Å². The number of hydrogen-bond acceptors (Lipinski definition) is 7. The molecule has 0 unspecified atom stereocenters. The molecule has 0 aliphatic rings. The van der Waals surface area contributed by atoms with Gasteiger partial charge in [0.05, 0.1) is 6.21 Å². The lowest BCUT2D eigenvalue weighted by Gasteiger charge is -2.10. The van der Waals surface area contributed by atoms with E-state index in [0.717, 1.165) is 21.4 Å². The average molecular weight is 460 g/mol. The Morgan fingerprint density at radius 1 is 0.633 bits per heavy atom. The molecule has 3 aromatic carbocycles. The van der Waals surface area contributed by atoms with Gasteiger partial charge < -0.3 is 10.6 Å².